The lowest BCUT2D eigenvalue weighted by Gasteiger charge is -2.31. The molecule has 0 bridgehead atoms. The number of fused-ring (bicyclic) bond motifs is 12. The highest BCUT2D eigenvalue weighted by molar-refractivity contribution is 6.19. The van der Waals surface area contributed by atoms with Gasteiger partial charge in [-0.05, 0) is 216 Å². The van der Waals surface area contributed by atoms with Crippen molar-refractivity contribution in [2.24, 2.45) is 0 Å². The predicted molar refractivity (Wildman–Crippen MR) is 347 cm³/mol. The Hall–Kier alpha value is -9.52. The molecule has 0 radical (unpaired) electrons. The Kier molecular flexibility index (Phi) is 10.9. The van der Waals surface area contributed by atoms with Crippen LogP contribution in [0.4, 0.5) is 0 Å². The number of pyridine rings is 2. The van der Waals surface area contributed by atoms with Crippen molar-refractivity contribution in [2.45, 2.75) is 83.1 Å². The summed E-state index contributed by atoms with van der Waals surface area (Å²) in [6.07, 6.45) is 0. The number of aromatic nitrogens is 6. The third-order valence-corrected chi connectivity index (χ3v) is 17.3. The molecule has 0 unspecified atom stereocenters. The number of benzene rings is 9. The lowest BCUT2D eigenvalue weighted by molar-refractivity contribution is 1.04. The first-order chi connectivity index (χ1) is 39.6. The Bertz CT molecular complexity index is 4410. The third-order valence-electron chi connectivity index (χ3n) is 17.3. The molecule has 0 aliphatic heterocycles. The van der Waals surface area contributed by atoms with Crippen molar-refractivity contribution < 1.29 is 0 Å². The zero-order valence-corrected chi connectivity index (χ0v) is 48.8. The first kappa shape index (κ1) is 49.5. The molecule has 6 heterocycles. The van der Waals surface area contributed by atoms with Crippen LogP contribution in [-0.4, -0.2) is 28.2 Å². The lowest BCUT2D eigenvalue weighted by Crippen LogP contribution is -2.16. The number of aryl methyl sites for hydroxylation is 12. The minimum atomic E-state index is 0.951. The molecular formula is C76H64N6. The van der Waals surface area contributed by atoms with E-state index in [9.17, 15) is 0 Å². The van der Waals surface area contributed by atoms with Gasteiger partial charge in [-0.15, -0.1) is 0 Å². The fourth-order valence-electron chi connectivity index (χ4n) is 14.0. The zero-order chi connectivity index (χ0) is 56.3. The average Bonchev–Trinajstić information content (AvgIpc) is 1.66. The van der Waals surface area contributed by atoms with E-state index >= 15 is 0 Å². The molecule has 0 aliphatic carbocycles. The van der Waals surface area contributed by atoms with E-state index in [1.54, 1.807) is 0 Å². The highest BCUT2D eigenvalue weighted by atomic mass is 15.1. The van der Waals surface area contributed by atoms with Gasteiger partial charge in [-0.2, -0.15) is 0 Å². The molecule has 6 heteroatoms. The van der Waals surface area contributed by atoms with Gasteiger partial charge in [-0.25, -0.2) is 0 Å². The Morgan fingerprint density at radius 3 is 0.524 bits per heavy atom. The second kappa shape index (κ2) is 18.0. The molecule has 6 nitrogen and oxygen atoms in total. The molecule has 6 aromatic heterocycles. The fraction of sp³-hybridized carbons (Fsp3) is 0.158. The molecule has 0 saturated heterocycles. The smallest absolute Gasteiger partial charge is 0.0811 e. The maximum absolute atomic E-state index is 5.18. The molecule has 0 fully saturated rings. The Balaban J connectivity index is 1.37. The first-order valence-corrected chi connectivity index (χ1v) is 28.8. The zero-order valence-electron chi connectivity index (χ0n) is 48.8. The van der Waals surface area contributed by atoms with Gasteiger partial charge in [0.2, 0.25) is 0 Å². The molecule has 0 N–H and O–H groups in total. The summed E-state index contributed by atoms with van der Waals surface area (Å²) in [7, 11) is 0. The van der Waals surface area contributed by atoms with Crippen molar-refractivity contribution in [1.29, 1.82) is 0 Å². The van der Waals surface area contributed by atoms with E-state index in [4.69, 9.17) is 9.97 Å². The second-order valence-corrected chi connectivity index (χ2v) is 23.9. The van der Waals surface area contributed by atoms with Crippen LogP contribution in [0.15, 0.2) is 170 Å². The van der Waals surface area contributed by atoms with Crippen LogP contribution >= 0.6 is 0 Å². The molecule has 0 amide bonds. The lowest BCUT2D eigenvalue weighted by atomic mass is 9.89. The molecule has 398 valence electrons. The van der Waals surface area contributed by atoms with Gasteiger partial charge in [-0.1, -0.05) is 93.0 Å². The van der Waals surface area contributed by atoms with Crippen molar-refractivity contribution >= 4 is 87.2 Å². The molecular weight excluding hydrogens is 997 g/mol. The monoisotopic (exact) mass is 1060 g/mol. The standard InChI is InChI=1S/C76H64N6/c1-41-13-21-63-55(29-41)56-30-42(2)14-22-64(56)79(63)73-71(53-37-49(9)77-50(10)38-53)75(81-67-25-17-45(5)33-59(67)60-34-46(6)18-26-68(60)81)76(82-69-27-19-47(7)35-61(69)62-36-48(8)20-28-70(62)82)72(54-39-51(11)78-52(12)40-54)74(73)80-65-23-15-43(3)31-57(65)58-32-44(4)16-24-66(58)80/h13-40H,1-12H3. The van der Waals surface area contributed by atoms with E-state index in [2.05, 4.69) is 271 Å². The summed E-state index contributed by atoms with van der Waals surface area (Å²) in [5.41, 5.74) is 31.2. The summed E-state index contributed by atoms with van der Waals surface area (Å²) >= 11 is 0. The SMILES string of the molecule is Cc1ccc2c(c1)c1cc(C)ccc1n2-c1c(-c2cc(C)nc(C)c2)c(-n2c3ccc(C)cc3c3cc(C)ccc32)c(-n2c3ccc(C)cc3c3cc(C)ccc32)c(-c2cc(C)nc(C)c2)c1-n1c2ccc(C)cc2c2cc(C)ccc21. The van der Waals surface area contributed by atoms with Crippen molar-refractivity contribution in [3.8, 4) is 45.0 Å². The van der Waals surface area contributed by atoms with Gasteiger partial charge in [0.05, 0.1) is 66.9 Å². The molecule has 0 spiro atoms. The first-order valence-electron chi connectivity index (χ1n) is 28.8. The van der Waals surface area contributed by atoms with E-state index in [-0.39, 0.29) is 0 Å². The molecule has 82 heavy (non-hydrogen) atoms. The van der Waals surface area contributed by atoms with Crippen LogP contribution in [0.25, 0.3) is 132 Å². The number of nitrogens with zero attached hydrogens (tertiary/aromatic N) is 6. The predicted octanol–water partition coefficient (Wildman–Crippen LogP) is 19.9. The van der Waals surface area contributed by atoms with Gasteiger partial charge < -0.3 is 18.3 Å². The average molecular weight is 1060 g/mol. The van der Waals surface area contributed by atoms with Gasteiger partial charge in [0.25, 0.3) is 0 Å². The van der Waals surface area contributed by atoms with Gasteiger partial charge in [0.15, 0.2) is 0 Å². The Morgan fingerprint density at radius 2 is 0.366 bits per heavy atom. The van der Waals surface area contributed by atoms with Gasteiger partial charge in [-0.3, -0.25) is 9.97 Å². The maximum Gasteiger partial charge on any atom is 0.0811 e. The number of hydrogen-bond acceptors (Lipinski definition) is 2. The summed E-state index contributed by atoms with van der Waals surface area (Å²) in [5.74, 6) is 0. The van der Waals surface area contributed by atoms with E-state index in [0.717, 1.165) is 112 Å². The molecule has 0 saturated carbocycles. The molecule has 0 atom stereocenters. The summed E-state index contributed by atoms with van der Waals surface area (Å²) in [4.78, 5) is 10.4. The minimum absolute atomic E-state index is 0.951. The summed E-state index contributed by atoms with van der Waals surface area (Å²) in [6.45, 7) is 26.4. The molecule has 15 rings (SSSR count). The Labute approximate surface area is 478 Å². The maximum atomic E-state index is 5.18. The van der Waals surface area contributed by atoms with Crippen molar-refractivity contribution in [2.75, 3.05) is 0 Å². The highest BCUT2D eigenvalue weighted by Crippen LogP contribution is 2.55. The van der Waals surface area contributed by atoms with Crippen molar-refractivity contribution in [3.63, 3.8) is 0 Å². The quantitative estimate of drug-likeness (QED) is 0.167. The number of rotatable bonds is 6. The second-order valence-electron chi connectivity index (χ2n) is 23.9. The molecule has 15 aromatic rings. The van der Waals surface area contributed by atoms with Gasteiger partial charge in [0, 0.05) is 77.0 Å². The van der Waals surface area contributed by atoms with Crippen LogP contribution in [0.3, 0.4) is 0 Å². The van der Waals surface area contributed by atoms with Gasteiger partial charge >= 0.3 is 0 Å². The third kappa shape index (κ3) is 7.40. The number of hydrogen-bond donors (Lipinski definition) is 0. The van der Waals surface area contributed by atoms with Gasteiger partial charge in [0.1, 0.15) is 0 Å². The summed E-state index contributed by atoms with van der Waals surface area (Å²) < 4.78 is 10.5. The van der Waals surface area contributed by atoms with E-state index < -0.39 is 0 Å². The Morgan fingerprint density at radius 1 is 0.207 bits per heavy atom. The highest BCUT2D eigenvalue weighted by Gasteiger charge is 2.36. The molecule has 9 aromatic carbocycles. The van der Waals surface area contributed by atoms with Crippen molar-refractivity contribution in [1.82, 2.24) is 28.2 Å². The normalized spacial score (nSPS) is 12.1. The summed E-state index contributed by atoms with van der Waals surface area (Å²) in [5, 5.41) is 9.70. The van der Waals surface area contributed by atoms with Crippen LogP contribution in [0, 0.1) is 83.1 Å². The van der Waals surface area contributed by atoms with Crippen LogP contribution in [0.2, 0.25) is 0 Å². The van der Waals surface area contributed by atoms with Crippen LogP contribution in [-0.2, 0) is 0 Å². The molecule has 0 aliphatic rings. The van der Waals surface area contributed by atoms with E-state index in [1.807, 2.05) is 0 Å². The largest absolute Gasteiger partial charge is 0.306 e. The topological polar surface area (TPSA) is 45.5 Å². The van der Waals surface area contributed by atoms with Crippen LogP contribution in [0.5, 0.6) is 0 Å². The minimum Gasteiger partial charge on any atom is -0.306 e. The van der Waals surface area contributed by atoms with Crippen LogP contribution < -0.4 is 0 Å². The van der Waals surface area contributed by atoms with E-state index in [1.165, 1.54) is 87.6 Å². The van der Waals surface area contributed by atoms with E-state index in [0.29, 0.717) is 0 Å². The summed E-state index contributed by atoms with van der Waals surface area (Å²) in [6, 6.07) is 65.8. The fourth-order valence-corrected chi connectivity index (χ4v) is 14.0. The van der Waals surface area contributed by atoms with Crippen molar-refractivity contribution in [3.05, 3.63) is 237 Å². The van der Waals surface area contributed by atoms with Crippen LogP contribution in [0.1, 0.15) is 67.3 Å².